The van der Waals surface area contributed by atoms with E-state index in [0.29, 0.717) is 38.3 Å². The summed E-state index contributed by atoms with van der Waals surface area (Å²) in [6.45, 7) is 2.80. The molecule has 0 saturated heterocycles. The van der Waals surface area contributed by atoms with Crippen LogP contribution in [0.4, 0.5) is 0 Å². The third-order valence-corrected chi connectivity index (χ3v) is 6.06. The van der Waals surface area contributed by atoms with Gasteiger partial charge in [0.2, 0.25) is 5.91 Å². The van der Waals surface area contributed by atoms with Crippen LogP contribution in [0, 0.1) is 0 Å². The van der Waals surface area contributed by atoms with Gasteiger partial charge in [0.1, 0.15) is 0 Å². The molecule has 1 N–H and O–H groups in total. The molecule has 0 aliphatic rings. The summed E-state index contributed by atoms with van der Waals surface area (Å²) in [5.74, 6) is 0.0664. The Morgan fingerprint density at radius 3 is 2.70 bits per heavy atom. The van der Waals surface area contributed by atoms with Crippen LogP contribution in [0.15, 0.2) is 52.4 Å². The summed E-state index contributed by atoms with van der Waals surface area (Å²) >= 11 is 13.6. The molecule has 30 heavy (non-hydrogen) atoms. The Morgan fingerprint density at radius 2 is 1.93 bits per heavy atom. The Labute approximate surface area is 189 Å². The third kappa shape index (κ3) is 5.56. The third-order valence-electron chi connectivity index (χ3n) is 4.58. The fourth-order valence-corrected chi connectivity index (χ4v) is 4.37. The number of para-hydroxylation sites is 1. The number of fused-ring (bicyclic) bond motifs is 1. The van der Waals surface area contributed by atoms with Gasteiger partial charge in [-0.3, -0.25) is 14.2 Å². The first-order valence-electron chi connectivity index (χ1n) is 9.88. The van der Waals surface area contributed by atoms with E-state index in [1.807, 2.05) is 6.07 Å². The van der Waals surface area contributed by atoms with Gasteiger partial charge in [0.25, 0.3) is 5.56 Å². The minimum Gasteiger partial charge on any atom is -0.355 e. The molecule has 0 radical (unpaired) electrons. The molecule has 8 heteroatoms. The van der Waals surface area contributed by atoms with Gasteiger partial charge < -0.3 is 5.32 Å². The molecule has 0 aliphatic heterocycles. The number of hydrogen-bond acceptors (Lipinski definition) is 4. The number of aromatic nitrogens is 2. The lowest BCUT2D eigenvalue weighted by Gasteiger charge is -2.14. The van der Waals surface area contributed by atoms with Crippen LogP contribution in [0.1, 0.15) is 32.6 Å². The Balaban J connectivity index is 1.88. The van der Waals surface area contributed by atoms with Crippen LogP contribution < -0.4 is 10.9 Å². The Morgan fingerprint density at radius 1 is 1.13 bits per heavy atom. The molecule has 0 aliphatic carbocycles. The van der Waals surface area contributed by atoms with E-state index in [1.54, 1.807) is 36.4 Å². The normalized spacial score (nSPS) is 11.0. The molecule has 0 bridgehead atoms. The summed E-state index contributed by atoms with van der Waals surface area (Å²) in [5.41, 5.74) is 0.811. The second-order valence-corrected chi connectivity index (χ2v) is 8.63. The van der Waals surface area contributed by atoms with Crippen molar-refractivity contribution in [2.45, 2.75) is 37.8 Å². The number of hydrogen-bond donors (Lipinski definition) is 1. The van der Waals surface area contributed by atoms with E-state index < -0.39 is 0 Å². The monoisotopic (exact) mass is 463 g/mol. The summed E-state index contributed by atoms with van der Waals surface area (Å²) in [6, 6.07) is 12.1. The smallest absolute Gasteiger partial charge is 0.266 e. The van der Waals surface area contributed by atoms with Gasteiger partial charge in [-0.05, 0) is 36.8 Å². The number of halogens is 2. The van der Waals surface area contributed by atoms with Crippen molar-refractivity contribution in [2.75, 3.05) is 12.3 Å². The van der Waals surface area contributed by atoms with Gasteiger partial charge >= 0.3 is 0 Å². The lowest BCUT2D eigenvalue weighted by atomic mass is 10.2. The molecule has 1 heterocycles. The van der Waals surface area contributed by atoms with Gasteiger partial charge in [-0.15, -0.1) is 0 Å². The molecule has 0 atom stereocenters. The lowest BCUT2D eigenvalue weighted by molar-refractivity contribution is -0.118. The second-order valence-electron chi connectivity index (χ2n) is 6.85. The molecule has 1 amide bonds. The van der Waals surface area contributed by atoms with Crippen molar-refractivity contribution in [3.05, 3.63) is 62.9 Å². The summed E-state index contributed by atoms with van der Waals surface area (Å²) in [6.07, 6.45) is 4.39. The van der Waals surface area contributed by atoms with E-state index in [1.165, 1.54) is 22.7 Å². The zero-order valence-corrected chi connectivity index (χ0v) is 19.0. The van der Waals surface area contributed by atoms with Crippen molar-refractivity contribution in [1.82, 2.24) is 14.9 Å². The summed E-state index contributed by atoms with van der Waals surface area (Å²) < 4.78 is 1.44. The quantitative estimate of drug-likeness (QED) is 0.259. The number of rotatable bonds is 9. The predicted molar refractivity (Wildman–Crippen MR) is 125 cm³/mol. The Hall–Kier alpha value is -2.02. The van der Waals surface area contributed by atoms with Crippen molar-refractivity contribution >= 4 is 51.8 Å². The van der Waals surface area contributed by atoms with Crippen LogP contribution in [0.25, 0.3) is 16.6 Å². The number of unbranched alkanes of at least 4 members (excludes halogenated alkanes) is 3. The van der Waals surface area contributed by atoms with E-state index in [9.17, 15) is 9.59 Å². The van der Waals surface area contributed by atoms with Crippen LogP contribution in [0.2, 0.25) is 10.0 Å². The van der Waals surface area contributed by atoms with E-state index in [-0.39, 0.29) is 17.2 Å². The van der Waals surface area contributed by atoms with E-state index >= 15 is 0 Å². The van der Waals surface area contributed by atoms with Gasteiger partial charge in [-0.2, -0.15) is 0 Å². The number of benzene rings is 2. The maximum Gasteiger partial charge on any atom is 0.266 e. The first-order valence-corrected chi connectivity index (χ1v) is 11.6. The van der Waals surface area contributed by atoms with Gasteiger partial charge in [-0.25, -0.2) is 4.98 Å². The van der Waals surface area contributed by atoms with E-state index in [4.69, 9.17) is 23.2 Å². The topological polar surface area (TPSA) is 64.0 Å². The molecule has 0 spiro atoms. The van der Waals surface area contributed by atoms with Gasteiger partial charge in [0, 0.05) is 11.6 Å². The molecular formula is C22H23Cl2N3O2S. The SMILES string of the molecule is CCCCCCNC(=O)CSc1nc2ccccc2c(=O)n1-c1ccc(Cl)cc1Cl. The highest BCUT2D eigenvalue weighted by Gasteiger charge is 2.16. The maximum absolute atomic E-state index is 13.2. The summed E-state index contributed by atoms with van der Waals surface area (Å²) in [4.78, 5) is 30.1. The summed E-state index contributed by atoms with van der Waals surface area (Å²) in [7, 11) is 0. The first kappa shape index (κ1) is 22.7. The minimum atomic E-state index is -0.243. The van der Waals surface area contributed by atoms with Gasteiger partial charge in [0.15, 0.2) is 5.16 Å². The molecule has 5 nitrogen and oxygen atoms in total. The maximum atomic E-state index is 13.2. The van der Waals surface area contributed by atoms with Crippen LogP contribution >= 0.6 is 35.0 Å². The largest absolute Gasteiger partial charge is 0.355 e. The number of thioether (sulfide) groups is 1. The Kier molecular flexibility index (Phi) is 8.19. The average Bonchev–Trinajstić information content (AvgIpc) is 2.73. The fraction of sp³-hybridized carbons (Fsp3) is 0.318. The van der Waals surface area contributed by atoms with E-state index in [2.05, 4.69) is 17.2 Å². The minimum absolute atomic E-state index is 0.0901. The van der Waals surface area contributed by atoms with Crippen molar-refractivity contribution in [3.8, 4) is 5.69 Å². The molecule has 0 unspecified atom stereocenters. The average molecular weight is 464 g/mol. The predicted octanol–water partition coefficient (Wildman–Crippen LogP) is 5.48. The van der Waals surface area contributed by atoms with Crippen LogP contribution in [0.5, 0.6) is 0 Å². The van der Waals surface area contributed by atoms with Crippen molar-refractivity contribution in [3.63, 3.8) is 0 Å². The lowest BCUT2D eigenvalue weighted by Crippen LogP contribution is -2.27. The molecule has 158 valence electrons. The number of amides is 1. The second kappa shape index (κ2) is 10.8. The van der Waals surface area contributed by atoms with Crippen molar-refractivity contribution < 1.29 is 4.79 Å². The highest BCUT2D eigenvalue weighted by molar-refractivity contribution is 7.99. The number of nitrogens with one attached hydrogen (secondary N) is 1. The molecule has 3 rings (SSSR count). The standard InChI is InChI=1S/C22H23Cl2N3O2S/c1-2-3-4-7-12-25-20(28)14-30-22-26-18-9-6-5-8-16(18)21(29)27(22)19-11-10-15(23)13-17(19)24/h5-6,8-11,13H,2-4,7,12,14H2,1H3,(H,25,28). The number of carbonyl (C=O) groups excluding carboxylic acids is 1. The van der Waals surface area contributed by atoms with Gasteiger partial charge in [0.05, 0.1) is 27.4 Å². The highest BCUT2D eigenvalue weighted by Crippen LogP contribution is 2.28. The van der Waals surface area contributed by atoms with Gasteiger partial charge in [-0.1, -0.05) is 73.3 Å². The summed E-state index contributed by atoms with van der Waals surface area (Å²) in [5, 5.41) is 4.62. The van der Waals surface area contributed by atoms with Crippen molar-refractivity contribution in [1.29, 1.82) is 0 Å². The first-order chi connectivity index (χ1) is 14.5. The van der Waals surface area contributed by atoms with E-state index in [0.717, 1.165) is 19.3 Å². The molecule has 1 aromatic heterocycles. The van der Waals surface area contributed by atoms with Crippen LogP contribution in [-0.2, 0) is 4.79 Å². The zero-order valence-electron chi connectivity index (χ0n) is 16.7. The highest BCUT2D eigenvalue weighted by atomic mass is 35.5. The molecule has 0 saturated carbocycles. The molecule has 0 fully saturated rings. The molecule has 3 aromatic rings. The Bertz CT molecular complexity index is 1100. The van der Waals surface area contributed by atoms with Crippen LogP contribution in [0.3, 0.4) is 0 Å². The fourth-order valence-electron chi connectivity index (χ4n) is 3.04. The van der Waals surface area contributed by atoms with Crippen molar-refractivity contribution in [2.24, 2.45) is 0 Å². The number of nitrogens with zero attached hydrogens (tertiary/aromatic N) is 2. The molecular weight excluding hydrogens is 441 g/mol. The zero-order chi connectivity index (χ0) is 21.5. The number of carbonyl (C=O) groups is 1. The van der Waals surface area contributed by atoms with Crippen LogP contribution in [-0.4, -0.2) is 27.8 Å². The molecule has 2 aromatic carbocycles.